The van der Waals surface area contributed by atoms with Crippen LogP contribution in [0.1, 0.15) is 25.0 Å². The largest absolute Gasteiger partial charge is 0.358 e. The van der Waals surface area contributed by atoms with Crippen LogP contribution in [-0.2, 0) is 0 Å². The van der Waals surface area contributed by atoms with E-state index in [0.717, 1.165) is 22.0 Å². The Morgan fingerprint density at radius 1 is 1.29 bits per heavy atom. The summed E-state index contributed by atoms with van der Waals surface area (Å²) >= 11 is 1.37. The molecule has 0 bridgehead atoms. The molecule has 0 aliphatic rings. The van der Waals surface area contributed by atoms with Crippen molar-refractivity contribution in [2.75, 3.05) is 5.32 Å². The monoisotopic (exact) mass is 248 g/mol. The predicted octanol–water partition coefficient (Wildman–Crippen LogP) is 3.04. The van der Waals surface area contributed by atoms with Crippen molar-refractivity contribution in [1.82, 2.24) is 14.3 Å². The number of pyridine rings is 1. The highest BCUT2D eigenvalue weighted by atomic mass is 32.1. The van der Waals surface area contributed by atoms with Crippen molar-refractivity contribution in [2.24, 2.45) is 0 Å². The standard InChI is InChI=1S/C12H16N4S/c1-7(2)14-12-15-11(16-17-12)10-9(4)5-8(3)6-13-10/h5-7H,1-4H3,(H,14,15,16). The summed E-state index contributed by atoms with van der Waals surface area (Å²) in [6, 6.07) is 2.46. The van der Waals surface area contributed by atoms with Gasteiger partial charge in [-0.15, -0.1) is 0 Å². The smallest absolute Gasteiger partial charge is 0.203 e. The number of hydrogen-bond acceptors (Lipinski definition) is 5. The molecule has 0 spiro atoms. The molecular weight excluding hydrogens is 232 g/mol. The van der Waals surface area contributed by atoms with E-state index in [0.29, 0.717) is 11.9 Å². The molecule has 2 aromatic rings. The van der Waals surface area contributed by atoms with Gasteiger partial charge in [0.05, 0.1) is 0 Å². The van der Waals surface area contributed by atoms with Crippen LogP contribution in [0.5, 0.6) is 0 Å². The normalized spacial score (nSPS) is 10.9. The van der Waals surface area contributed by atoms with Gasteiger partial charge in [-0.05, 0) is 38.8 Å². The second-order valence-electron chi connectivity index (χ2n) is 4.40. The molecule has 4 nitrogen and oxygen atoms in total. The lowest BCUT2D eigenvalue weighted by Crippen LogP contribution is -2.09. The van der Waals surface area contributed by atoms with Gasteiger partial charge >= 0.3 is 0 Å². The Labute approximate surface area is 105 Å². The summed E-state index contributed by atoms with van der Waals surface area (Å²) in [5, 5.41) is 4.09. The van der Waals surface area contributed by atoms with Gasteiger partial charge in [0.25, 0.3) is 0 Å². The molecule has 0 radical (unpaired) electrons. The molecule has 0 amide bonds. The maximum absolute atomic E-state index is 4.44. The molecular formula is C12H16N4S. The Balaban J connectivity index is 2.30. The molecule has 1 N–H and O–H groups in total. The first kappa shape index (κ1) is 12.0. The van der Waals surface area contributed by atoms with Gasteiger partial charge in [-0.1, -0.05) is 6.07 Å². The summed E-state index contributed by atoms with van der Waals surface area (Å²) in [5.74, 6) is 0.704. The molecule has 0 unspecified atom stereocenters. The van der Waals surface area contributed by atoms with Gasteiger partial charge in [-0.2, -0.15) is 9.36 Å². The Bertz CT molecular complexity index is 519. The molecule has 2 aromatic heterocycles. The van der Waals surface area contributed by atoms with E-state index in [1.807, 2.05) is 20.0 Å². The lowest BCUT2D eigenvalue weighted by molar-refractivity contribution is 0.896. The van der Waals surface area contributed by atoms with Gasteiger partial charge in [-0.25, -0.2) is 0 Å². The van der Waals surface area contributed by atoms with Crippen molar-refractivity contribution in [3.63, 3.8) is 0 Å². The summed E-state index contributed by atoms with van der Waals surface area (Å²) in [5.41, 5.74) is 3.13. The first-order valence-electron chi connectivity index (χ1n) is 5.60. The van der Waals surface area contributed by atoms with E-state index in [-0.39, 0.29) is 0 Å². The fourth-order valence-corrected chi connectivity index (χ4v) is 2.29. The Morgan fingerprint density at radius 2 is 2.06 bits per heavy atom. The van der Waals surface area contributed by atoms with Crippen molar-refractivity contribution in [3.8, 4) is 11.5 Å². The topological polar surface area (TPSA) is 50.7 Å². The van der Waals surface area contributed by atoms with Crippen LogP contribution in [0.25, 0.3) is 11.5 Å². The second-order valence-corrected chi connectivity index (χ2v) is 5.15. The highest BCUT2D eigenvalue weighted by molar-refractivity contribution is 7.09. The number of aromatic nitrogens is 3. The summed E-state index contributed by atoms with van der Waals surface area (Å²) in [6.45, 7) is 8.23. The number of hydrogen-bond donors (Lipinski definition) is 1. The van der Waals surface area contributed by atoms with E-state index < -0.39 is 0 Å². The highest BCUT2D eigenvalue weighted by Crippen LogP contribution is 2.22. The fraction of sp³-hybridized carbons (Fsp3) is 0.417. The Kier molecular flexibility index (Phi) is 3.38. The number of aryl methyl sites for hydroxylation is 2. The van der Waals surface area contributed by atoms with Crippen LogP contribution in [0.4, 0.5) is 5.13 Å². The Hall–Kier alpha value is -1.49. The zero-order chi connectivity index (χ0) is 12.4. The van der Waals surface area contributed by atoms with Gasteiger partial charge in [0, 0.05) is 23.8 Å². The first-order chi connectivity index (χ1) is 8.06. The third-order valence-corrected chi connectivity index (χ3v) is 2.91. The molecule has 5 heteroatoms. The Morgan fingerprint density at radius 3 is 2.71 bits per heavy atom. The molecule has 0 aliphatic heterocycles. The van der Waals surface area contributed by atoms with Gasteiger partial charge in [0.2, 0.25) is 5.13 Å². The minimum atomic E-state index is 0.364. The zero-order valence-electron chi connectivity index (χ0n) is 10.5. The van der Waals surface area contributed by atoms with E-state index in [4.69, 9.17) is 0 Å². The molecule has 2 heterocycles. The molecule has 17 heavy (non-hydrogen) atoms. The van der Waals surface area contributed by atoms with Crippen molar-refractivity contribution in [3.05, 3.63) is 23.4 Å². The summed E-state index contributed by atoms with van der Waals surface area (Å²) in [4.78, 5) is 8.84. The van der Waals surface area contributed by atoms with E-state index >= 15 is 0 Å². The minimum absolute atomic E-state index is 0.364. The van der Waals surface area contributed by atoms with E-state index in [9.17, 15) is 0 Å². The minimum Gasteiger partial charge on any atom is -0.358 e. The van der Waals surface area contributed by atoms with E-state index in [2.05, 4.69) is 39.6 Å². The van der Waals surface area contributed by atoms with Gasteiger partial charge < -0.3 is 5.32 Å². The fourth-order valence-electron chi connectivity index (χ4n) is 1.57. The number of rotatable bonds is 3. The zero-order valence-corrected chi connectivity index (χ0v) is 11.3. The van der Waals surface area contributed by atoms with Crippen molar-refractivity contribution in [1.29, 1.82) is 0 Å². The maximum Gasteiger partial charge on any atom is 0.203 e. The van der Waals surface area contributed by atoms with Crippen LogP contribution in [0.15, 0.2) is 12.3 Å². The van der Waals surface area contributed by atoms with Gasteiger partial charge in [0.15, 0.2) is 5.82 Å². The van der Waals surface area contributed by atoms with Crippen LogP contribution in [0.2, 0.25) is 0 Å². The van der Waals surface area contributed by atoms with E-state index in [1.54, 1.807) is 0 Å². The van der Waals surface area contributed by atoms with Crippen LogP contribution in [0.3, 0.4) is 0 Å². The number of anilines is 1. The molecule has 0 fully saturated rings. The van der Waals surface area contributed by atoms with Crippen molar-refractivity contribution < 1.29 is 0 Å². The maximum atomic E-state index is 4.44. The third kappa shape index (κ3) is 2.79. The second kappa shape index (κ2) is 4.79. The number of nitrogens with one attached hydrogen (secondary N) is 1. The van der Waals surface area contributed by atoms with Crippen LogP contribution in [-0.4, -0.2) is 20.4 Å². The summed E-state index contributed by atoms with van der Waals surface area (Å²) in [6.07, 6.45) is 1.85. The van der Waals surface area contributed by atoms with Gasteiger partial charge in [-0.3, -0.25) is 4.98 Å². The lowest BCUT2D eigenvalue weighted by atomic mass is 10.1. The van der Waals surface area contributed by atoms with Gasteiger partial charge in [0.1, 0.15) is 5.69 Å². The average molecular weight is 248 g/mol. The molecule has 0 aromatic carbocycles. The molecule has 0 aliphatic carbocycles. The van der Waals surface area contributed by atoms with Crippen molar-refractivity contribution >= 4 is 16.7 Å². The third-order valence-electron chi connectivity index (χ3n) is 2.26. The molecule has 90 valence electrons. The van der Waals surface area contributed by atoms with E-state index in [1.165, 1.54) is 11.5 Å². The molecule has 2 rings (SSSR count). The molecule has 0 saturated carbocycles. The molecule has 0 saturated heterocycles. The summed E-state index contributed by atoms with van der Waals surface area (Å²) < 4.78 is 4.34. The quantitative estimate of drug-likeness (QED) is 0.907. The summed E-state index contributed by atoms with van der Waals surface area (Å²) in [7, 11) is 0. The van der Waals surface area contributed by atoms with Crippen LogP contribution < -0.4 is 5.32 Å². The SMILES string of the molecule is Cc1cnc(-c2nsc(NC(C)C)n2)c(C)c1. The predicted molar refractivity (Wildman–Crippen MR) is 71.4 cm³/mol. The molecule has 0 atom stereocenters. The number of nitrogens with zero attached hydrogens (tertiary/aromatic N) is 3. The van der Waals surface area contributed by atoms with Crippen LogP contribution in [0, 0.1) is 13.8 Å². The van der Waals surface area contributed by atoms with Crippen LogP contribution >= 0.6 is 11.5 Å². The highest BCUT2D eigenvalue weighted by Gasteiger charge is 2.10. The lowest BCUT2D eigenvalue weighted by Gasteiger charge is -2.04. The average Bonchev–Trinajstić information content (AvgIpc) is 2.65. The first-order valence-corrected chi connectivity index (χ1v) is 6.37. The van der Waals surface area contributed by atoms with Crippen molar-refractivity contribution in [2.45, 2.75) is 33.7 Å².